The minimum Gasteiger partial charge on any atom is -0.497 e. The smallest absolute Gasteiger partial charge is 0.196 e. The summed E-state index contributed by atoms with van der Waals surface area (Å²) in [5.41, 5.74) is 5.79. The van der Waals surface area contributed by atoms with Crippen LogP contribution in [0, 0.1) is 6.92 Å². The Kier molecular flexibility index (Phi) is 4.62. The highest BCUT2D eigenvalue weighted by Crippen LogP contribution is 2.40. The van der Waals surface area contributed by atoms with Gasteiger partial charge in [-0.3, -0.25) is 4.79 Å². The van der Waals surface area contributed by atoms with Crippen LogP contribution in [0.2, 0.25) is 0 Å². The zero-order valence-corrected chi connectivity index (χ0v) is 16.1. The van der Waals surface area contributed by atoms with Gasteiger partial charge < -0.3 is 14.8 Å². The summed E-state index contributed by atoms with van der Waals surface area (Å²) in [7, 11) is 3.27. The number of nitrogens with one attached hydrogen (secondary N) is 1. The minimum absolute atomic E-state index is 0.00915. The van der Waals surface area contributed by atoms with E-state index in [1.54, 1.807) is 14.2 Å². The van der Waals surface area contributed by atoms with Crippen molar-refractivity contribution in [2.45, 2.75) is 6.92 Å². The Hall–Kier alpha value is -3.53. The van der Waals surface area contributed by atoms with E-state index in [-0.39, 0.29) is 5.78 Å². The molecule has 4 heteroatoms. The summed E-state index contributed by atoms with van der Waals surface area (Å²) in [4.78, 5) is 13.2. The van der Waals surface area contributed by atoms with E-state index in [4.69, 9.17) is 9.47 Å². The fourth-order valence-corrected chi connectivity index (χ4v) is 3.50. The van der Waals surface area contributed by atoms with E-state index in [2.05, 4.69) is 5.32 Å². The summed E-state index contributed by atoms with van der Waals surface area (Å²) in [6, 6.07) is 21.1. The Morgan fingerprint density at radius 3 is 2.21 bits per heavy atom. The van der Waals surface area contributed by atoms with Gasteiger partial charge in [-0.15, -0.1) is 0 Å². The number of ether oxygens (including phenoxy) is 2. The van der Waals surface area contributed by atoms with E-state index in [9.17, 15) is 4.79 Å². The first-order valence-electron chi connectivity index (χ1n) is 9.07. The lowest BCUT2D eigenvalue weighted by molar-refractivity contribution is 0.105. The lowest BCUT2D eigenvalue weighted by Gasteiger charge is -2.15. The molecule has 1 aliphatic rings. The molecule has 0 saturated heterocycles. The first kappa shape index (κ1) is 17.9. The van der Waals surface area contributed by atoms with Gasteiger partial charge in [0.2, 0.25) is 0 Å². The van der Waals surface area contributed by atoms with E-state index in [0.717, 1.165) is 39.6 Å². The van der Waals surface area contributed by atoms with Gasteiger partial charge in [0.1, 0.15) is 11.5 Å². The van der Waals surface area contributed by atoms with Crippen molar-refractivity contribution >= 4 is 22.7 Å². The molecule has 0 heterocycles. The summed E-state index contributed by atoms with van der Waals surface area (Å²) in [6.07, 6.45) is 0. The maximum atomic E-state index is 13.2. The topological polar surface area (TPSA) is 47.6 Å². The molecule has 0 fully saturated rings. The number of fused-ring (bicyclic) bond motifs is 1. The Labute approximate surface area is 164 Å². The fraction of sp³-hybridized carbons (Fsp3) is 0.125. The number of rotatable bonds is 5. The number of allylic oxidation sites excluding steroid dienone is 1. The third kappa shape index (κ3) is 3.03. The van der Waals surface area contributed by atoms with Gasteiger partial charge in [-0.2, -0.15) is 0 Å². The van der Waals surface area contributed by atoms with Gasteiger partial charge in [0.05, 0.1) is 31.2 Å². The number of hydrogen-bond acceptors (Lipinski definition) is 4. The number of ketones is 1. The second-order valence-electron chi connectivity index (χ2n) is 6.68. The molecule has 1 N–H and O–H groups in total. The van der Waals surface area contributed by atoms with Gasteiger partial charge in [0.15, 0.2) is 5.78 Å². The van der Waals surface area contributed by atoms with Crippen molar-refractivity contribution in [3.63, 3.8) is 0 Å². The standard InChI is InChI=1S/C24H21NO3/c1-15-8-13-21(28-3)20(14-15)25-23-18-6-4-5-7-19(18)24(26)22(23)16-9-11-17(27-2)12-10-16/h4-14,25H,1-3H3. The van der Waals surface area contributed by atoms with Crippen molar-refractivity contribution in [1.29, 1.82) is 0 Å². The van der Waals surface area contributed by atoms with Crippen LogP contribution in [0.1, 0.15) is 27.0 Å². The van der Waals surface area contributed by atoms with Crippen LogP contribution in [0.15, 0.2) is 66.7 Å². The number of aryl methyl sites for hydroxylation is 1. The third-order valence-electron chi connectivity index (χ3n) is 4.91. The van der Waals surface area contributed by atoms with Crippen LogP contribution < -0.4 is 14.8 Å². The maximum absolute atomic E-state index is 13.2. The SMILES string of the molecule is COc1ccc(C2=C(Nc3cc(C)ccc3OC)c3ccccc3C2=O)cc1. The molecule has 0 bridgehead atoms. The van der Waals surface area contributed by atoms with Crippen LogP contribution >= 0.6 is 0 Å². The third-order valence-corrected chi connectivity index (χ3v) is 4.91. The highest BCUT2D eigenvalue weighted by molar-refractivity contribution is 6.40. The van der Waals surface area contributed by atoms with Gasteiger partial charge in [-0.05, 0) is 42.3 Å². The predicted molar refractivity (Wildman–Crippen MR) is 112 cm³/mol. The molecular weight excluding hydrogens is 350 g/mol. The van der Waals surface area contributed by atoms with Crippen LogP contribution in [-0.4, -0.2) is 20.0 Å². The molecule has 140 valence electrons. The largest absolute Gasteiger partial charge is 0.497 e. The molecule has 0 atom stereocenters. The average molecular weight is 371 g/mol. The van der Waals surface area contributed by atoms with Gasteiger partial charge in [-0.25, -0.2) is 0 Å². The van der Waals surface area contributed by atoms with E-state index in [0.29, 0.717) is 11.1 Å². The van der Waals surface area contributed by atoms with Crippen LogP contribution in [0.25, 0.3) is 11.3 Å². The molecule has 0 radical (unpaired) electrons. The number of carbonyl (C=O) groups is 1. The minimum atomic E-state index is 0.00915. The number of benzene rings is 3. The lowest BCUT2D eigenvalue weighted by atomic mass is 10.0. The van der Waals surface area contributed by atoms with Crippen molar-refractivity contribution in [2.24, 2.45) is 0 Å². The van der Waals surface area contributed by atoms with E-state index < -0.39 is 0 Å². The van der Waals surface area contributed by atoms with E-state index in [1.807, 2.05) is 73.7 Å². The van der Waals surface area contributed by atoms with Crippen LogP contribution in [0.4, 0.5) is 5.69 Å². The predicted octanol–water partition coefficient (Wildman–Crippen LogP) is 5.19. The van der Waals surface area contributed by atoms with E-state index in [1.165, 1.54) is 0 Å². The molecule has 0 unspecified atom stereocenters. The summed E-state index contributed by atoms with van der Waals surface area (Å²) in [5.74, 6) is 1.49. The van der Waals surface area contributed by atoms with Crippen molar-refractivity contribution in [2.75, 3.05) is 19.5 Å². The molecule has 0 saturated carbocycles. The summed E-state index contributed by atoms with van der Waals surface area (Å²) in [5, 5.41) is 3.47. The summed E-state index contributed by atoms with van der Waals surface area (Å²) in [6.45, 7) is 2.02. The molecule has 0 aromatic heterocycles. The van der Waals surface area contributed by atoms with Crippen molar-refractivity contribution in [3.8, 4) is 11.5 Å². The number of carbonyl (C=O) groups excluding carboxylic acids is 1. The molecular formula is C24H21NO3. The van der Waals surface area contributed by atoms with Gasteiger partial charge in [0, 0.05) is 11.1 Å². The number of anilines is 1. The number of hydrogen-bond donors (Lipinski definition) is 1. The number of methoxy groups -OCH3 is 2. The molecule has 0 aliphatic heterocycles. The summed E-state index contributed by atoms with van der Waals surface area (Å²) < 4.78 is 10.8. The van der Waals surface area contributed by atoms with E-state index >= 15 is 0 Å². The number of Topliss-reactive ketones (excluding diaryl/α,β-unsaturated/α-hetero) is 1. The molecule has 0 amide bonds. The van der Waals surface area contributed by atoms with Crippen LogP contribution in [0.5, 0.6) is 11.5 Å². The van der Waals surface area contributed by atoms with Gasteiger partial charge in [0.25, 0.3) is 0 Å². The molecule has 4 nitrogen and oxygen atoms in total. The van der Waals surface area contributed by atoms with Crippen molar-refractivity contribution in [1.82, 2.24) is 0 Å². The Morgan fingerprint density at radius 1 is 0.821 bits per heavy atom. The Morgan fingerprint density at radius 2 is 1.54 bits per heavy atom. The maximum Gasteiger partial charge on any atom is 0.196 e. The fourth-order valence-electron chi connectivity index (χ4n) is 3.50. The molecule has 0 spiro atoms. The molecule has 3 aromatic rings. The first-order valence-corrected chi connectivity index (χ1v) is 9.07. The van der Waals surface area contributed by atoms with Gasteiger partial charge in [-0.1, -0.05) is 42.5 Å². The second kappa shape index (κ2) is 7.24. The first-order chi connectivity index (χ1) is 13.6. The molecule has 3 aromatic carbocycles. The average Bonchev–Trinajstić information content (AvgIpc) is 3.00. The Bertz CT molecular complexity index is 1080. The monoisotopic (exact) mass is 371 g/mol. The highest BCUT2D eigenvalue weighted by atomic mass is 16.5. The lowest BCUT2D eigenvalue weighted by Crippen LogP contribution is -2.03. The van der Waals surface area contributed by atoms with Crippen LogP contribution in [0.3, 0.4) is 0 Å². The van der Waals surface area contributed by atoms with Crippen molar-refractivity contribution in [3.05, 3.63) is 89.0 Å². The second-order valence-corrected chi connectivity index (χ2v) is 6.68. The normalized spacial score (nSPS) is 12.8. The molecule has 28 heavy (non-hydrogen) atoms. The molecule has 4 rings (SSSR count). The van der Waals surface area contributed by atoms with Gasteiger partial charge >= 0.3 is 0 Å². The molecule has 1 aliphatic carbocycles. The van der Waals surface area contributed by atoms with Crippen LogP contribution in [-0.2, 0) is 0 Å². The summed E-state index contributed by atoms with van der Waals surface area (Å²) >= 11 is 0. The Balaban J connectivity index is 1.88. The zero-order chi connectivity index (χ0) is 19.7. The zero-order valence-electron chi connectivity index (χ0n) is 16.1. The van der Waals surface area contributed by atoms with Crippen molar-refractivity contribution < 1.29 is 14.3 Å². The highest BCUT2D eigenvalue weighted by Gasteiger charge is 2.31. The quantitative estimate of drug-likeness (QED) is 0.671.